The zero-order valence-corrected chi connectivity index (χ0v) is 15.0. The van der Waals surface area contributed by atoms with E-state index in [2.05, 4.69) is 34.6 Å². The van der Waals surface area contributed by atoms with Gasteiger partial charge in [0.05, 0.1) is 0 Å². The Bertz CT molecular complexity index is 579. The summed E-state index contributed by atoms with van der Waals surface area (Å²) in [6, 6.07) is 0. The molecule has 3 rings (SSSR count). The third-order valence-electron chi connectivity index (χ3n) is 5.28. The SMILES string of the molecule is CCCC1C2=C(CC(C)(C)CC2=O)OC2=C1C(=O)CC(C)(C)C2. The largest absolute Gasteiger partial charge is 0.465 e. The third-order valence-corrected chi connectivity index (χ3v) is 5.28. The highest BCUT2D eigenvalue weighted by molar-refractivity contribution is 6.04. The lowest BCUT2D eigenvalue weighted by atomic mass is 9.66. The Morgan fingerprint density at radius 2 is 1.30 bits per heavy atom. The predicted molar refractivity (Wildman–Crippen MR) is 89.6 cm³/mol. The van der Waals surface area contributed by atoms with Gasteiger partial charge in [0.1, 0.15) is 11.5 Å². The van der Waals surface area contributed by atoms with Crippen LogP contribution in [-0.2, 0) is 14.3 Å². The normalized spacial score (nSPS) is 26.8. The molecule has 1 aliphatic heterocycles. The van der Waals surface area contributed by atoms with Crippen LogP contribution in [0.25, 0.3) is 0 Å². The maximum absolute atomic E-state index is 12.8. The van der Waals surface area contributed by atoms with Gasteiger partial charge in [-0.25, -0.2) is 0 Å². The summed E-state index contributed by atoms with van der Waals surface area (Å²) < 4.78 is 6.20. The summed E-state index contributed by atoms with van der Waals surface area (Å²) in [6.45, 7) is 10.6. The molecular formula is C20H28O3. The molecule has 0 fully saturated rings. The average molecular weight is 316 g/mol. The fourth-order valence-corrected chi connectivity index (χ4v) is 4.39. The average Bonchev–Trinajstić information content (AvgIpc) is 2.33. The van der Waals surface area contributed by atoms with E-state index in [0.29, 0.717) is 12.8 Å². The van der Waals surface area contributed by atoms with Crippen LogP contribution in [0.2, 0.25) is 0 Å². The molecule has 0 bridgehead atoms. The summed E-state index contributed by atoms with van der Waals surface area (Å²) in [5.41, 5.74) is 1.49. The molecule has 0 radical (unpaired) electrons. The molecule has 0 saturated heterocycles. The lowest BCUT2D eigenvalue weighted by Crippen LogP contribution is -2.38. The van der Waals surface area contributed by atoms with Crippen LogP contribution in [0.4, 0.5) is 0 Å². The number of ketones is 2. The second kappa shape index (κ2) is 5.32. The van der Waals surface area contributed by atoms with Crippen molar-refractivity contribution in [2.75, 3.05) is 0 Å². The van der Waals surface area contributed by atoms with E-state index in [9.17, 15) is 9.59 Å². The van der Waals surface area contributed by atoms with Crippen LogP contribution in [0.5, 0.6) is 0 Å². The molecule has 0 amide bonds. The Kier molecular flexibility index (Phi) is 3.81. The van der Waals surface area contributed by atoms with Crippen molar-refractivity contribution in [2.24, 2.45) is 16.7 Å². The van der Waals surface area contributed by atoms with E-state index in [1.165, 1.54) is 0 Å². The first-order valence-electron chi connectivity index (χ1n) is 8.84. The van der Waals surface area contributed by atoms with Crippen LogP contribution in [0.3, 0.4) is 0 Å². The molecule has 0 unspecified atom stereocenters. The van der Waals surface area contributed by atoms with Crippen molar-refractivity contribution in [3.63, 3.8) is 0 Å². The van der Waals surface area contributed by atoms with E-state index < -0.39 is 0 Å². The Hall–Kier alpha value is -1.38. The molecule has 3 aliphatic rings. The van der Waals surface area contributed by atoms with Gasteiger partial charge in [-0.3, -0.25) is 9.59 Å². The van der Waals surface area contributed by atoms with Crippen molar-refractivity contribution >= 4 is 11.6 Å². The highest BCUT2D eigenvalue weighted by Gasteiger charge is 2.46. The standard InChI is InChI=1S/C20H28O3/c1-6-7-12-17-13(21)8-19(2,3)10-15(17)23-16-11-20(4,5)9-14(22)18(12)16/h12H,6-11H2,1-5H3. The molecule has 0 saturated carbocycles. The first kappa shape index (κ1) is 16.5. The van der Waals surface area contributed by atoms with Crippen molar-refractivity contribution < 1.29 is 14.3 Å². The van der Waals surface area contributed by atoms with Crippen molar-refractivity contribution in [1.82, 2.24) is 0 Å². The van der Waals surface area contributed by atoms with E-state index in [-0.39, 0.29) is 28.3 Å². The fourth-order valence-electron chi connectivity index (χ4n) is 4.39. The molecule has 126 valence electrons. The maximum atomic E-state index is 12.8. The van der Waals surface area contributed by atoms with E-state index in [1.54, 1.807) is 0 Å². The number of Topliss-reactive ketones (excluding diaryl/α,β-unsaturated/α-hetero) is 2. The Morgan fingerprint density at radius 1 is 0.870 bits per heavy atom. The summed E-state index contributed by atoms with van der Waals surface area (Å²) in [7, 11) is 0. The zero-order valence-electron chi connectivity index (χ0n) is 15.0. The van der Waals surface area contributed by atoms with Gasteiger partial charge >= 0.3 is 0 Å². The molecule has 1 heterocycles. The quantitative estimate of drug-likeness (QED) is 0.740. The first-order valence-corrected chi connectivity index (χ1v) is 8.84. The Morgan fingerprint density at radius 3 is 1.70 bits per heavy atom. The van der Waals surface area contributed by atoms with Gasteiger partial charge in [0.15, 0.2) is 11.6 Å². The minimum Gasteiger partial charge on any atom is -0.465 e. The van der Waals surface area contributed by atoms with E-state index in [1.807, 2.05) is 0 Å². The second-order valence-corrected chi connectivity index (χ2v) is 9.00. The molecule has 0 aromatic carbocycles. The predicted octanol–water partition coefficient (Wildman–Crippen LogP) is 4.72. The zero-order chi connectivity index (χ0) is 17.0. The highest BCUT2D eigenvalue weighted by atomic mass is 16.5. The smallest absolute Gasteiger partial charge is 0.163 e. The number of hydrogen-bond acceptors (Lipinski definition) is 3. The minimum atomic E-state index is -0.0566. The van der Waals surface area contributed by atoms with Crippen molar-refractivity contribution in [3.05, 3.63) is 22.7 Å². The molecule has 0 aromatic heterocycles. The van der Waals surface area contributed by atoms with Gasteiger partial charge < -0.3 is 4.74 Å². The number of rotatable bonds is 2. The van der Waals surface area contributed by atoms with E-state index >= 15 is 0 Å². The highest BCUT2D eigenvalue weighted by Crippen LogP contribution is 2.51. The Balaban J connectivity index is 2.07. The number of hydrogen-bond donors (Lipinski definition) is 0. The summed E-state index contributed by atoms with van der Waals surface area (Å²) in [5, 5.41) is 0. The number of ether oxygens (including phenoxy) is 1. The first-order chi connectivity index (χ1) is 10.6. The van der Waals surface area contributed by atoms with Crippen molar-refractivity contribution in [3.8, 4) is 0 Å². The lowest BCUT2D eigenvalue weighted by Gasteiger charge is -2.42. The maximum Gasteiger partial charge on any atom is 0.163 e. The summed E-state index contributed by atoms with van der Waals surface area (Å²) in [4.78, 5) is 25.5. The van der Waals surface area contributed by atoms with Crippen LogP contribution in [0, 0.1) is 16.7 Å². The number of allylic oxidation sites excluding steroid dienone is 4. The molecule has 0 spiro atoms. The summed E-state index contributed by atoms with van der Waals surface area (Å²) in [5.74, 6) is 2.01. The molecule has 2 aliphatic carbocycles. The topological polar surface area (TPSA) is 43.4 Å². The minimum absolute atomic E-state index is 0.0362. The van der Waals surface area contributed by atoms with Crippen LogP contribution >= 0.6 is 0 Å². The van der Waals surface area contributed by atoms with Crippen LogP contribution in [0.1, 0.15) is 73.1 Å². The molecule has 0 aromatic rings. The third kappa shape index (κ3) is 2.90. The number of carbonyl (C=O) groups is 2. The second-order valence-electron chi connectivity index (χ2n) is 9.00. The monoisotopic (exact) mass is 316 g/mol. The van der Waals surface area contributed by atoms with Gasteiger partial charge in [-0.05, 0) is 17.3 Å². The molecule has 0 N–H and O–H groups in total. The summed E-state index contributed by atoms with van der Waals surface area (Å²) in [6.07, 6.45) is 4.51. The number of carbonyl (C=O) groups excluding carboxylic acids is 2. The molecule has 0 atom stereocenters. The van der Waals surface area contributed by atoms with Gasteiger partial charge in [-0.1, -0.05) is 41.0 Å². The molecule has 3 nitrogen and oxygen atoms in total. The summed E-state index contributed by atoms with van der Waals surface area (Å²) >= 11 is 0. The van der Waals surface area contributed by atoms with Gasteiger partial charge in [0, 0.05) is 42.7 Å². The molecule has 23 heavy (non-hydrogen) atoms. The van der Waals surface area contributed by atoms with Crippen molar-refractivity contribution in [2.45, 2.75) is 73.1 Å². The van der Waals surface area contributed by atoms with Gasteiger partial charge in [0.2, 0.25) is 0 Å². The van der Waals surface area contributed by atoms with Crippen LogP contribution in [-0.4, -0.2) is 11.6 Å². The van der Waals surface area contributed by atoms with Gasteiger partial charge in [-0.2, -0.15) is 0 Å². The fraction of sp³-hybridized carbons (Fsp3) is 0.700. The Labute approximate surface area is 139 Å². The van der Waals surface area contributed by atoms with Crippen LogP contribution < -0.4 is 0 Å². The van der Waals surface area contributed by atoms with Gasteiger partial charge in [0.25, 0.3) is 0 Å². The van der Waals surface area contributed by atoms with Gasteiger partial charge in [-0.15, -0.1) is 0 Å². The lowest BCUT2D eigenvalue weighted by molar-refractivity contribution is -0.120. The van der Waals surface area contributed by atoms with E-state index in [4.69, 9.17) is 4.74 Å². The molecule has 3 heteroatoms. The molecular weight excluding hydrogens is 288 g/mol. The van der Waals surface area contributed by atoms with Crippen molar-refractivity contribution in [1.29, 1.82) is 0 Å². The van der Waals surface area contributed by atoms with Crippen LogP contribution in [0.15, 0.2) is 22.7 Å². The van der Waals surface area contributed by atoms with E-state index in [0.717, 1.165) is 48.3 Å².